The number of nitrogens with one attached hydrogen (secondary N) is 1. The van der Waals surface area contributed by atoms with Gasteiger partial charge in [-0.05, 0) is 12.5 Å². The summed E-state index contributed by atoms with van der Waals surface area (Å²) < 4.78 is 28.6. The summed E-state index contributed by atoms with van der Waals surface area (Å²) in [5.41, 5.74) is 0.276. The molecule has 1 unspecified atom stereocenters. The quantitative estimate of drug-likeness (QED) is 0.762. The summed E-state index contributed by atoms with van der Waals surface area (Å²) >= 11 is 0. The Labute approximate surface area is 116 Å². The van der Waals surface area contributed by atoms with E-state index in [2.05, 4.69) is 10.3 Å². The fourth-order valence-corrected chi connectivity index (χ4v) is 1.50. The van der Waals surface area contributed by atoms with Crippen molar-refractivity contribution in [1.29, 1.82) is 0 Å². The largest absolute Gasteiger partial charge is 0.472 e. The summed E-state index contributed by atoms with van der Waals surface area (Å²) in [5.74, 6) is -0.346. The number of ether oxygens (including phenoxy) is 1. The molecule has 0 bridgehead atoms. The summed E-state index contributed by atoms with van der Waals surface area (Å²) in [6.45, 7) is 1.37. The Balaban J connectivity index is 2.45. The van der Waals surface area contributed by atoms with Crippen LogP contribution >= 0.6 is 0 Å². The second-order valence-corrected chi connectivity index (χ2v) is 4.24. The van der Waals surface area contributed by atoms with Crippen LogP contribution in [0.15, 0.2) is 18.3 Å². The van der Waals surface area contributed by atoms with Crippen molar-refractivity contribution < 1.29 is 23.4 Å². The topological polar surface area (TPSA) is 71.5 Å². The van der Waals surface area contributed by atoms with Crippen molar-refractivity contribution in [3.63, 3.8) is 0 Å². The number of pyridine rings is 1. The standard InChI is InChI=1S/C13H18F2N2O3/c1-2-3-10(18)7-17-13(19)9-4-5-12(16-6-9)20-8-11(14)15/h4-6,10-11,18H,2-3,7-8H2,1H3,(H,17,19). The van der Waals surface area contributed by atoms with Crippen molar-refractivity contribution in [1.82, 2.24) is 10.3 Å². The zero-order chi connectivity index (χ0) is 15.0. The van der Waals surface area contributed by atoms with Gasteiger partial charge in [0.15, 0.2) is 6.61 Å². The highest BCUT2D eigenvalue weighted by Crippen LogP contribution is 2.09. The van der Waals surface area contributed by atoms with E-state index in [1.807, 2.05) is 6.92 Å². The molecular weight excluding hydrogens is 270 g/mol. The van der Waals surface area contributed by atoms with Gasteiger partial charge in [-0.15, -0.1) is 0 Å². The van der Waals surface area contributed by atoms with Crippen LogP contribution in [0.1, 0.15) is 30.1 Å². The fourth-order valence-electron chi connectivity index (χ4n) is 1.50. The van der Waals surface area contributed by atoms with E-state index in [1.165, 1.54) is 18.3 Å². The van der Waals surface area contributed by atoms with E-state index in [4.69, 9.17) is 4.74 Å². The van der Waals surface area contributed by atoms with Crippen molar-refractivity contribution in [3.8, 4) is 5.88 Å². The van der Waals surface area contributed by atoms with Crippen LogP contribution in [0, 0.1) is 0 Å². The van der Waals surface area contributed by atoms with Crippen molar-refractivity contribution in [2.75, 3.05) is 13.2 Å². The molecule has 0 aliphatic heterocycles. The lowest BCUT2D eigenvalue weighted by molar-refractivity contribution is 0.0794. The summed E-state index contributed by atoms with van der Waals surface area (Å²) in [7, 11) is 0. The number of halogens is 2. The number of nitrogens with zero attached hydrogens (tertiary/aromatic N) is 1. The Kier molecular flexibility index (Phi) is 6.86. The van der Waals surface area contributed by atoms with E-state index in [0.717, 1.165) is 6.42 Å². The normalized spacial score (nSPS) is 12.2. The molecule has 1 rings (SSSR count). The number of alkyl halides is 2. The summed E-state index contributed by atoms with van der Waals surface area (Å²) in [4.78, 5) is 15.5. The van der Waals surface area contributed by atoms with E-state index in [0.29, 0.717) is 6.42 Å². The highest BCUT2D eigenvalue weighted by Gasteiger charge is 2.10. The average Bonchev–Trinajstić information content (AvgIpc) is 2.43. The van der Waals surface area contributed by atoms with Crippen LogP contribution in [0.3, 0.4) is 0 Å². The maximum Gasteiger partial charge on any atom is 0.272 e. The van der Waals surface area contributed by atoms with E-state index in [9.17, 15) is 18.7 Å². The predicted molar refractivity (Wildman–Crippen MR) is 69.0 cm³/mol. The Hall–Kier alpha value is -1.76. The Bertz CT molecular complexity index is 413. The van der Waals surface area contributed by atoms with Crippen molar-refractivity contribution in [2.45, 2.75) is 32.3 Å². The number of aliphatic hydroxyl groups excluding tert-OH is 1. The van der Waals surface area contributed by atoms with Gasteiger partial charge in [0, 0.05) is 18.8 Å². The van der Waals surface area contributed by atoms with Gasteiger partial charge >= 0.3 is 0 Å². The Morgan fingerprint density at radius 2 is 2.25 bits per heavy atom. The molecule has 0 aromatic carbocycles. The summed E-state index contributed by atoms with van der Waals surface area (Å²) in [6.07, 6.45) is -0.471. The monoisotopic (exact) mass is 288 g/mol. The zero-order valence-electron chi connectivity index (χ0n) is 11.2. The number of rotatable bonds is 8. The number of carbonyl (C=O) groups excluding carboxylic acids is 1. The lowest BCUT2D eigenvalue weighted by atomic mass is 10.2. The molecule has 1 atom stereocenters. The fraction of sp³-hybridized carbons (Fsp3) is 0.538. The molecule has 1 aromatic heterocycles. The van der Waals surface area contributed by atoms with Crippen LogP contribution in [-0.2, 0) is 0 Å². The van der Waals surface area contributed by atoms with Crippen molar-refractivity contribution in [2.24, 2.45) is 0 Å². The average molecular weight is 288 g/mol. The van der Waals surface area contributed by atoms with Gasteiger partial charge in [0.05, 0.1) is 11.7 Å². The minimum Gasteiger partial charge on any atom is -0.472 e. The smallest absolute Gasteiger partial charge is 0.272 e. The maximum atomic E-state index is 11.9. The van der Waals surface area contributed by atoms with Gasteiger partial charge in [-0.3, -0.25) is 4.79 Å². The van der Waals surface area contributed by atoms with Gasteiger partial charge in [0.25, 0.3) is 12.3 Å². The molecule has 1 heterocycles. The second-order valence-electron chi connectivity index (χ2n) is 4.24. The number of hydrogen-bond acceptors (Lipinski definition) is 4. The first-order valence-electron chi connectivity index (χ1n) is 6.36. The van der Waals surface area contributed by atoms with Gasteiger partial charge in [-0.1, -0.05) is 13.3 Å². The molecule has 20 heavy (non-hydrogen) atoms. The molecule has 1 aromatic rings. The molecule has 0 fully saturated rings. The highest BCUT2D eigenvalue weighted by atomic mass is 19.3. The first-order chi connectivity index (χ1) is 9.52. The van der Waals surface area contributed by atoms with Crippen molar-refractivity contribution >= 4 is 5.91 Å². The van der Waals surface area contributed by atoms with Crippen LogP contribution in [0.5, 0.6) is 5.88 Å². The zero-order valence-corrected chi connectivity index (χ0v) is 11.2. The predicted octanol–water partition coefficient (Wildman–Crippen LogP) is 1.62. The molecule has 0 aliphatic carbocycles. The molecule has 1 amide bonds. The molecule has 0 spiro atoms. The SMILES string of the molecule is CCCC(O)CNC(=O)c1ccc(OCC(F)F)nc1. The van der Waals surface area contributed by atoms with Gasteiger partial charge in [0.2, 0.25) is 5.88 Å². The molecular formula is C13H18F2N2O3. The molecule has 0 saturated carbocycles. The van der Waals surface area contributed by atoms with Crippen LogP contribution in [0.25, 0.3) is 0 Å². The van der Waals surface area contributed by atoms with Crippen LogP contribution in [-0.4, -0.2) is 41.7 Å². The van der Waals surface area contributed by atoms with E-state index < -0.39 is 19.1 Å². The third kappa shape index (κ3) is 5.92. The molecule has 112 valence electrons. The second kappa shape index (κ2) is 8.42. The lowest BCUT2D eigenvalue weighted by Crippen LogP contribution is -2.32. The first kappa shape index (κ1) is 16.3. The van der Waals surface area contributed by atoms with E-state index in [1.54, 1.807) is 0 Å². The minimum absolute atomic E-state index is 0.0351. The van der Waals surface area contributed by atoms with E-state index >= 15 is 0 Å². The maximum absolute atomic E-state index is 11.9. The third-order valence-corrected chi connectivity index (χ3v) is 2.48. The Morgan fingerprint density at radius 1 is 1.50 bits per heavy atom. The molecule has 0 aliphatic rings. The number of carbonyl (C=O) groups is 1. The third-order valence-electron chi connectivity index (χ3n) is 2.48. The molecule has 5 nitrogen and oxygen atoms in total. The van der Waals surface area contributed by atoms with Crippen LogP contribution in [0.4, 0.5) is 8.78 Å². The molecule has 7 heteroatoms. The number of aromatic nitrogens is 1. The lowest BCUT2D eigenvalue weighted by Gasteiger charge is -2.10. The number of amides is 1. The van der Waals surface area contributed by atoms with Crippen LogP contribution < -0.4 is 10.1 Å². The number of aliphatic hydroxyl groups is 1. The van der Waals surface area contributed by atoms with Gasteiger partial charge < -0.3 is 15.2 Å². The summed E-state index contributed by atoms with van der Waals surface area (Å²) in [5, 5.41) is 12.1. The Morgan fingerprint density at radius 3 is 2.80 bits per heavy atom. The molecule has 0 radical (unpaired) electrons. The number of hydrogen-bond donors (Lipinski definition) is 2. The van der Waals surface area contributed by atoms with E-state index in [-0.39, 0.29) is 23.9 Å². The highest BCUT2D eigenvalue weighted by molar-refractivity contribution is 5.93. The first-order valence-corrected chi connectivity index (χ1v) is 6.36. The van der Waals surface area contributed by atoms with Crippen LogP contribution in [0.2, 0.25) is 0 Å². The van der Waals surface area contributed by atoms with Gasteiger partial charge in [-0.25, -0.2) is 13.8 Å². The summed E-state index contributed by atoms with van der Waals surface area (Å²) in [6, 6.07) is 2.77. The van der Waals surface area contributed by atoms with Gasteiger partial charge in [-0.2, -0.15) is 0 Å². The minimum atomic E-state index is -2.57. The van der Waals surface area contributed by atoms with Crippen molar-refractivity contribution in [3.05, 3.63) is 23.9 Å². The van der Waals surface area contributed by atoms with Gasteiger partial charge in [0.1, 0.15) is 0 Å². The molecule has 0 saturated heterocycles. The molecule has 2 N–H and O–H groups in total.